The van der Waals surface area contributed by atoms with Crippen LogP contribution in [0.5, 0.6) is 0 Å². The van der Waals surface area contributed by atoms with Crippen LogP contribution in [-0.2, 0) is 13.0 Å². The molecule has 2 N–H and O–H groups in total. The predicted octanol–water partition coefficient (Wildman–Crippen LogP) is 1.94. The minimum absolute atomic E-state index is 0.572. The molecule has 0 saturated carbocycles. The van der Waals surface area contributed by atoms with Gasteiger partial charge < -0.3 is 5.73 Å². The number of unbranched alkanes of at least 4 members (excludes halogenated alkanes) is 1. The van der Waals surface area contributed by atoms with Crippen molar-refractivity contribution in [3.63, 3.8) is 0 Å². The zero-order valence-corrected chi connectivity index (χ0v) is 7.66. The average Bonchev–Trinajstić information content (AvgIpc) is 2.48. The van der Waals surface area contributed by atoms with E-state index in [9.17, 15) is 0 Å². The van der Waals surface area contributed by atoms with Crippen molar-refractivity contribution < 1.29 is 0 Å². The molecule has 0 spiro atoms. The molecule has 11 heavy (non-hydrogen) atoms. The molecule has 1 aromatic rings. The lowest BCUT2D eigenvalue weighted by molar-refractivity contribution is 0.785. The minimum Gasteiger partial charge on any atom is -0.325 e. The van der Waals surface area contributed by atoms with Crippen LogP contribution in [0.15, 0.2) is 5.38 Å². The maximum Gasteiger partial charge on any atom is 0.0928 e. The summed E-state index contributed by atoms with van der Waals surface area (Å²) in [6, 6.07) is 0. The second-order valence-corrected chi connectivity index (χ2v) is 3.48. The van der Waals surface area contributed by atoms with Crippen LogP contribution in [0.25, 0.3) is 0 Å². The van der Waals surface area contributed by atoms with E-state index >= 15 is 0 Å². The Morgan fingerprint density at radius 1 is 1.64 bits per heavy atom. The highest BCUT2D eigenvalue weighted by atomic mass is 32.1. The van der Waals surface area contributed by atoms with Crippen LogP contribution in [0.4, 0.5) is 0 Å². The van der Waals surface area contributed by atoms with Gasteiger partial charge in [0.25, 0.3) is 0 Å². The molecule has 1 aromatic heterocycles. The van der Waals surface area contributed by atoms with E-state index in [0.717, 1.165) is 12.1 Å². The minimum atomic E-state index is 0.572. The molecule has 0 aliphatic carbocycles. The fourth-order valence-corrected chi connectivity index (χ4v) is 1.74. The third kappa shape index (κ3) is 2.60. The molecule has 0 saturated heterocycles. The number of hydrogen-bond acceptors (Lipinski definition) is 3. The van der Waals surface area contributed by atoms with Crippen LogP contribution >= 0.6 is 11.3 Å². The quantitative estimate of drug-likeness (QED) is 0.750. The largest absolute Gasteiger partial charge is 0.325 e. The molecule has 0 atom stereocenters. The van der Waals surface area contributed by atoms with Gasteiger partial charge in [0.1, 0.15) is 0 Å². The van der Waals surface area contributed by atoms with Gasteiger partial charge in [-0.2, -0.15) is 0 Å². The van der Waals surface area contributed by atoms with E-state index in [1.807, 2.05) is 5.38 Å². The van der Waals surface area contributed by atoms with Gasteiger partial charge in [-0.15, -0.1) is 11.3 Å². The van der Waals surface area contributed by atoms with E-state index in [4.69, 9.17) is 5.73 Å². The molecule has 0 aliphatic heterocycles. The van der Waals surface area contributed by atoms with Crippen molar-refractivity contribution in [3.8, 4) is 0 Å². The van der Waals surface area contributed by atoms with Gasteiger partial charge in [0.15, 0.2) is 0 Å². The fourth-order valence-electron chi connectivity index (χ4n) is 0.886. The monoisotopic (exact) mass is 170 g/mol. The molecule has 2 nitrogen and oxygen atoms in total. The lowest BCUT2D eigenvalue weighted by Crippen LogP contribution is -1.96. The second-order valence-electron chi connectivity index (χ2n) is 2.54. The first-order valence-electron chi connectivity index (χ1n) is 4.00. The Morgan fingerprint density at radius 2 is 2.45 bits per heavy atom. The van der Waals surface area contributed by atoms with E-state index in [-0.39, 0.29) is 0 Å². The summed E-state index contributed by atoms with van der Waals surface area (Å²) in [6.45, 7) is 2.76. The topological polar surface area (TPSA) is 38.9 Å². The van der Waals surface area contributed by atoms with Crippen molar-refractivity contribution in [2.24, 2.45) is 5.73 Å². The number of thiazole rings is 1. The summed E-state index contributed by atoms with van der Waals surface area (Å²) >= 11 is 1.72. The van der Waals surface area contributed by atoms with Gasteiger partial charge in [0, 0.05) is 11.9 Å². The summed E-state index contributed by atoms with van der Waals surface area (Å²) in [5.74, 6) is 0. The summed E-state index contributed by atoms with van der Waals surface area (Å²) in [4.78, 5) is 4.36. The van der Waals surface area contributed by atoms with Gasteiger partial charge in [0.05, 0.1) is 10.7 Å². The van der Waals surface area contributed by atoms with E-state index in [1.165, 1.54) is 17.8 Å². The zero-order valence-electron chi connectivity index (χ0n) is 6.84. The van der Waals surface area contributed by atoms with Gasteiger partial charge in [-0.1, -0.05) is 13.3 Å². The molecule has 0 bridgehead atoms. The molecule has 1 rings (SSSR count). The lowest BCUT2D eigenvalue weighted by Gasteiger charge is -1.90. The number of nitrogens with two attached hydrogens (primary N) is 1. The van der Waals surface area contributed by atoms with E-state index < -0.39 is 0 Å². The molecule has 0 aromatic carbocycles. The molecular weight excluding hydrogens is 156 g/mol. The number of rotatable bonds is 4. The highest BCUT2D eigenvalue weighted by Gasteiger charge is 1.98. The summed E-state index contributed by atoms with van der Waals surface area (Å²) in [5.41, 5.74) is 6.46. The van der Waals surface area contributed by atoms with Crippen LogP contribution < -0.4 is 5.73 Å². The number of hydrogen-bond donors (Lipinski definition) is 1. The van der Waals surface area contributed by atoms with E-state index in [1.54, 1.807) is 11.3 Å². The number of aromatic nitrogens is 1. The first-order chi connectivity index (χ1) is 5.36. The third-order valence-electron chi connectivity index (χ3n) is 1.55. The van der Waals surface area contributed by atoms with Crippen molar-refractivity contribution >= 4 is 11.3 Å². The lowest BCUT2D eigenvalue weighted by atomic mass is 10.3. The van der Waals surface area contributed by atoms with Gasteiger partial charge >= 0.3 is 0 Å². The van der Waals surface area contributed by atoms with Crippen LogP contribution in [0, 0.1) is 0 Å². The first kappa shape index (κ1) is 8.68. The Hall–Kier alpha value is -0.410. The van der Waals surface area contributed by atoms with Gasteiger partial charge in [-0.05, 0) is 12.8 Å². The molecule has 0 radical (unpaired) electrons. The smallest absolute Gasteiger partial charge is 0.0928 e. The molecule has 0 unspecified atom stereocenters. The molecule has 3 heteroatoms. The SMILES string of the molecule is CCCCc1nc(CN)cs1. The van der Waals surface area contributed by atoms with Crippen LogP contribution in [0.1, 0.15) is 30.5 Å². The van der Waals surface area contributed by atoms with Crippen molar-refractivity contribution in [2.45, 2.75) is 32.7 Å². The van der Waals surface area contributed by atoms with Crippen molar-refractivity contribution in [3.05, 3.63) is 16.1 Å². The second kappa shape index (κ2) is 4.46. The molecule has 62 valence electrons. The Morgan fingerprint density at radius 3 is 3.00 bits per heavy atom. The molecular formula is C8H14N2S. The Kier molecular flexibility index (Phi) is 3.52. The van der Waals surface area contributed by atoms with Crippen LogP contribution in [0.2, 0.25) is 0 Å². The molecule has 0 amide bonds. The maximum absolute atomic E-state index is 5.44. The standard InChI is InChI=1S/C8H14N2S/c1-2-3-4-8-10-7(5-9)6-11-8/h6H,2-5,9H2,1H3. The maximum atomic E-state index is 5.44. The van der Waals surface area contributed by atoms with Crippen LogP contribution in [0.3, 0.4) is 0 Å². The first-order valence-corrected chi connectivity index (χ1v) is 4.88. The highest BCUT2D eigenvalue weighted by Crippen LogP contribution is 2.11. The molecule has 0 fully saturated rings. The average molecular weight is 170 g/mol. The Labute approximate surface area is 71.5 Å². The normalized spacial score (nSPS) is 10.4. The Balaban J connectivity index is 2.44. The van der Waals surface area contributed by atoms with Crippen molar-refractivity contribution in [1.29, 1.82) is 0 Å². The summed E-state index contributed by atoms with van der Waals surface area (Å²) in [5, 5.41) is 3.28. The van der Waals surface area contributed by atoms with E-state index in [0.29, 0.717) is 6.54 Å². The number of aryl methyl sites for hydroxylation is 1. The number of nitrogens with zero attached hydrogens (tertiary/aromatic N) is 1. The highest BCUT2D eigenvalue weighted by molar-refractivity contribution is 7.09. The van der Waals surface area contributed by atoms with Gasteiger partial charge in [0.2, 0.25) is 0 Å². The Bertz CT molecular complexity index is 208. The molecule has 1 heterocycles. The van der Waals surface area contributed by atoms with Crippen molar-refractivity contribution in [1.82, 2.24) is 4.98 Å². The van der Waals surface area contributed by atoms with Gasteiger partial charge in [-0.3, -0.25) is 0 Å². The zero-order chi connectivity index (χ0) is 8.10. The van der Waals surface area contributed by atoms with Crippen LogP contribution in [-0.4, -0.2) is 4.98 Å². The van der Waals surface area contributed by atoms with Gasteiger partial charge in [-0.25, -0.2) is 4.98 Å². The molecule has 0 aliphatic rings. The van der Waals surface area contributed by atoms with E-state index in [2.05, 4.69) is 11.9 Å². The third-order valence-corrected chi connectivity index (χ3v) is 2.51. The summed E-state index contributed by atoms with van der Waals surface area (Å²) < 4.78 is 0. The summed E-state index contributed by atoms with van der Waals surface area (Å²) in [6.07, 6.45) is 3.58. The summed E-state index contributed by atoms with van der Waals surface area (Å²) in [7, 11) is 0. The fraction of sp³-hybridized carbons (Fsp3) is 0.625. The van der Waals surface area contributed by atoms with Crippen molar-refractivity contribution in [2.75, 3.05) is 0 Å². The predicted molar refractivity (Wildman–Crippen MR) is 48.6 cm³/mol.